The third kappa shape index (κ3) is 10.3. The monoisotopic (exact) mass is 810 g/mol. The van der Waals surface area contributed by atoms with Crippen LogP contribution in [0.25, 0.3) is 10.9 Å². The highest BCUT2D eigenvalue weighted by Crippen LogP contribution is 2.34. The lowest BCUT2D eigenvalue weighted by atomic mass is 9.86. The Morgan fingerprint density at radius 1 is 0.867 bits per heavy atom. The fraction of sp³-hybridized carbons (Fsp3) is 0.271. The van der Waals surface area contributed by atoms with Crippen LogP contribution >= 0.6 is 0 Å². The molecule has 2 heterocycles. The Morgan fingerprint density at radius 3 is 2.40 bits per heavy atom. The van der Waals surface area contributed by atoms with Gasteiger partial charge in [0, 0.05) is 55.3 Å². The van der Waals surface area contributed by atoms with Crippen molar-refractivity contribution < 1.29 is 34.4 Å². The molecule has 1 aromatic heterocycles. The molecular weight excluding hydrogens is 761 g/mol. The van der Waals surface area contributed by atoms with Gasteiger partial charge in [-0.2, -0.15) is 0 Å². The lowest BCUT2D eigenvalue weighted by molar-refractivity contribution is -0.170. The Balaban J connectivity index is 0.879. The minimum Gasteiger partial charge on any atom is -0.506 e. The van der Waals surface area contributed by atoms with Gasteiger partial charge >= 0.3 is 5.97 Å². The standard InChI is InChI=1S/C48H50N4O8/c53-42-23-21-40(41-22-24-44(55)51-45(41)42)43(54)30-49-29-33-17-19-35(20-18-33)46(56)50-25-9-27-59-38-15-7-14-37(28-38)48(58,36-12-5-2-6-13-36)47(57)60-39-16-8-26-52(32-39)31-34-10-3-1-4-11-34/h1-7,10-15,17-24,28,39,43,49,53-54,58H,8-9,16,25-27,29-32H2,(H,50,56)(H,51,55)/t39-,43+,48+/m1/s1. The number of carbonyl (C=O) groups excluding carboxylic acids is 2. The van der Waals surface area contributed by atoms with Crippen molar-refractivity contribution in [3.8, 4) is 11.5 Å². The number of amides is 1. The second-order valence-corrected chi connectivity index (χ2v) is 15.1. The molecule has 1 fully saturated rings. The van der Waals surface area contributed by atoms with Gasteiger partial charge in [-0.15, -0.1) is 0 Å². The number of ether oxygens (including phenoxy) is 2. The number of aromatic hydroxyl groups is 1. The first-order chi connectivity index (χ1) is 29.2. The molecule has 3 atom stereocenters. The number of likely N-dealkylation sites (tertiary alicyclic amines) is 1. The summed E-state index contributed by atoms with van der Waals surface area (Å²) in [7, 11) is 0. The number of benzene rings is 5. The molecule has 0 aliphatic carbocycles. The maximum absolute atomic E-state index is 14.0. The maximum Gasteiger partial charge on any atom is 0.348 e. The number of hydrogen-bond acceptors (Lipinski definition) is 10. The molecule has 0 spiro atoms. The normalized spacial score (nSPS) is 15.8. The lowest BCUT2D eigenvalue weighted by Crippen LogP contribution is -2.45. The predicted octanol–water partition coefficient (Wildman–Crippen LogP) is 5.70. The molecule has 5 aromatic carbocycles. The molecule has 1 saturated heterocycles. The van der Waals surface area contributed by atoms with Gasteiger partial charge in [-0.3, -0.25) is 14.5 Å². The Hall–Kier alpha value is -6.31. The van der Waals surface area contributed by atoms with Crippen molar-refractivity contribution in [1.82, 2.24) is 20.5 Å². The van der Waals surface area contributed by atoms with Crippen LogP contribution in [0.4, 0.5) is 0 Å². The van der Waals surface area contributed by atoms with Gasteiger partial charge in [-0.25, -0.2) is 4.79 Å². The number of piperidine rings is 1. The van der Waals surface area contributed by atoms with E-state index in [0.717, 1.165) is 25.1 Å². The van der Waals surface area contributed by atoms with E-state index in [0.29, 0.717) is 65.9 Å². The number of carbonyl (C=O) groups is 2. The zero-order chi connectivity index (χ0) is 41.9. The minimum absolute atomic E-state index is 0.0674. The van der Waals surface area contributed by atoms with E-state index in [-0.39, 0.29) is 42.0 Å². The topological polar surface area (TPSA) is 173 Å². The van der Waals surface area contributed by atoms with Gasteiger partial charge in [0.25, 0.3) is 5.91 Å². The number of H-pyrrole nitrogens is 1. The highest BCUT2D eigenvalue weighted by Gasteiger charge is 2.43. The van der Waals surface area contributed by atoms with Gasteiger partial charge < -0.3 is 40.4 Å². The predicted molar refractivity (Wildman–Crippen MR) is 229 cm³/mol. The van der Waals surface area contributed by atoms with E-state index in [2.05, 4.69) is 32.7 Å². The van der Waals surface area contributed by atoms with Crippen LogP contribution in [0.5, 0.6) is 11.5 Å². The molecule has 60 heavy (non-hydrogen) atoms. The molecule has 0 saturated carbocycles. The van der Waals surface area contributed by atoms with Crippen LogP contribution in [0.3, 0.4) is 0 Å². The largest absolute Gasteiger partial charge is 0.506 e. The highest BCUT2D eigenvalue weighted by atomic mass is 16.6. The Morgan fingerprint density at radius 2 is 1.62 bits per heavy atom. The van der Waals surface area contributed by atoms with Crippen LogP contribution in [-0.4, -0.2) is 76.0 Å². The van der Waals surface area contributed by atoms with Crippen molar-refractivity contribution >= 4 is 22.8 Å². The van der Waals surface area contributed by atoms with E-state index < -0.39 is 17.7 Å². The molecule has 1 amide bonds. The number of fused-ring (bicyclic) bond motifs is 1. The minimum atomic E-state index is -2.06. The van der Waals surface area contributed by atoms with Crippen molar-refractivity contribution in [3.63, 3.8) is 0 Å². The summed E-state index contributed by atoms with van der Waals surface area (Å²) in [5.41, 5.74) is 1.80. The summed E-state index contributed by atoms with van der Waals surface area (Å²) in [5, 5.41) is 39.9. The SMILES string of the molecule is O=C(NCCCOc1cccc([C@](O)(C(=O)O[C@@H]2CCCN(Cc3ccccc3)C2)c2ccccc2)c1)c1ccc(CNC[C@H](O)c2ccc(O)c3[nH]c(=O)ccc23)cc1. The average Bonchev–Trinajstić information content (AvgIpc) is 3.27. The molecule has 310 valence electrons. The number of nitrogens with one attached hydrogen (secondary N) is 3. The molecule has 0 unspecified atom stereocenters. The number of aliphatic hydroxyl groups is 2. The summed E-state index contributed by atoms with van der Waals surface area (Å²) in [6.45, 7) is 3.56. The number of nitrogens with zero attached hydrogens (tertiary/aromatic N) is 1. The summed E-state index contributed by atoms with van der Waals surface area (Å²) in [6.07, 6.45) is 0.854. The number of aromatic nitrogens is 1. The second-order valence-electron chi connectivity index (χ2n) is 15.1. The molecule has 7 rings (SSSR count). The number of phenolic OH excluding ortho intramolecular Hbond substituents is 1. The zero-order valence-corrected chi connectivity index (χ0v) is 33.3. The number of aromatic amines is 1. The Labute approximate surface area is 348 Å². The summed E-state index contributed by atoms with van der Waals surface area (Å²) in [5.74, 6) is -0.556. The third-order valence-corrected chi connectivity index (χ3v) is 10.7. The van der Waals surface area contributed by atoms with Crippen molar-refractivity contribution in [2.75, 3.05) is 32.8 Å². The van der Waals surface area contributed by atoms with Crippen molar-refractivity contribution in [2.24, 2.45) is 0 Å². The fourth-order valence-corrected chi connectivity index (χ4v) is 7.58. The molecule has 1 aliphatic rings. The molecule has 12 heteroatoms. The van der Waals surface area contributed by atoms with Gasteiger partial charge in [0.2, 0.25) is 11.2 Å². The Bertz CT molecular complexity index is 2430. The zero-order valence-electron chi connectivity index (χ0n) is 33.3. The van der Waals surface area contributed by atoms with Crippen molar-refractivity contribution in [2.45, 2.75) is 50.2 Å². The number of pyridine rings is 1. The maximum atomic E-state index is 14.0. The van der Waals surface area contributed by atoms with E-state index in [4.69, 9.17) is 9.47 Å². The van der Waals surface area contributed by atoms with E-state index in [1.807, 2.05) is 36.4 Å². The highest BCUT2D eigenvalue weighted by molar-refractivity contribution is 5.94. The molecule has 0 bridgehead atoms. The smallest absolute Gasteiger partial charge is 0.348 e. The van der Waals surface area contributed by atoms with Crippen LogP contribution in [0.15, 0.2) is 138 Å². The van der Waals surface area contributed by atoms with Gasteiger partial charge in [0.1, 0.15) is 17.6 Å². The van der Waals surface area contributed by atoms with Crippen LogP contribution in [0.1, 0.15) is 63.5 Å². The number of esters is 1. The van der Waals surface area contributed by atoms with Crippen LogP contribution in [0.2, 0.25) is 0 Å². The van der Waals surface area contributed by atoms with Crippen LogP contribution < -0.4 is 20.9 Å². The van der Waals surface area contributed by atoms with E-state index >= 15 is 0 Å². The second kappa shape index (κ2) is 19.6. The third-order valence-electron chi connectivity index (χ3n) is 10.7. The number of rotatable bonds is 17. The average molecular weight is 811 g/mol. The van der Waals surface area contributed by atoms with E-state index in [9.17, 15) is 29.7 Å². The van der Waals surface area contributed by atoms with Crippen molar-refractivity contribution in [1.29, 1.82) is 0 Å². The molecule has 6 aromatic rings. The van der Waals surface area contributed by atoms with Gasteiger partial charge in [-0.05, 0) is 84.5 Å². The van der Waals surface area contributed by atoms with E-state index in [1.54, 1.807) is 72.8 Å². The fourth-order valence-electron chi connectivity index (χ4n) is 7.58. The summed E-state index contributed by atoms with van der Waals surface area (Å²) >= 11 is 0. The molecular formula is C48H50N4O8. The number of phenols is 1. The summed E-state index contributed by atoms with van der Waals surface area (Å²) in [6, 6.07) is 39.0. The molecule has 12 nitrogen and oxygen atoms in total. The summed E-state index contributed by atoms with van der Waals surface area (Å²) < 4.78 is 12.1. The van der Waals surface area contributed by atoms with Crippen molar-refractivity contribution in [3.05, 3.63) is 177 Å². The first-order valence-electron chi connectivity index (χ1n) is 20.3. The van der Waals surface area contributed by atoms with Crippen LogP contribution in [0, 0.1) is 0 Å². The number of aliphatic hydroxyl groups excluding tert-OH is 1. The first-order valence-corrected chi connectivity index (χ1v) is 20.3. The molecule has 1 aliphatic heterocycles. The first kappa shape index (κ1) is 41.8. The van der Waals surface area contributed by atoms with Crippen LogP contribution in [-0.2, 0) is 28.2 Å². The molecule has 0 radical (unpaired) electrons. The van der Waals surface area contributed by atoms with Gasteiger partial charge in [-0.1, -0.05) is 91.0 Å². The van der Waals surface area contributed by atoms with E-state index in [1.165, 1.54) is 17.7 Å². The quantitative estimate of drug-likeness (QED) is 0.0496. The van der Waals surface area contributed by atoms with Gasteiger partial charge in [0.15, 0.2) is 0 Å². The number of hydrogen-bond donors (Lipinski definition) is 6. The molecule has 6 N–H and O–H groups in total. The lowest BCUT2D eigenvalue weighted by Gasteiger charge is -2.35. The van der Waals surface area contributed by atoms with Gasteiger partial charge in [0.05, 0.1) is 18.2 Å². The summed E-state index contributed by atoms with van der Waals surface area (Å²) in [4.78, 5) is 43.5. The Kier molecular flexibility index (Phi) is 13.7.